The molecule has 0 atom stereocenters. The van der Waals surface area contributed by atoms with Crippen molar-refractivity contribution in [2.75, 3.05) is 5.32 Å². The van der Waals surface area contributed by atoms with Gasteiger partial charge in [0.15, 0.2) is 5.76 Å². The van der Waals surface area contributed by atoms with Crippen molar-refractivity contribution < 1.29 is 14.1 Å². The molecule has 0 aromatic carbocycles. The van der Waals surface area contributed by atoms with Crippen molar-refractivity contribution in [2.45, 2.75) is 34.3 Å². The lowest BCUT2D eigenvalue weighted by Gasteiger charge is -2.07. The van der Waals surface area contributed by atoms with Crippen LogP contribution < -0.4 is 5.32 Å². The van der Waals surface area contributed by atoms with Crippen LogP contribution in [0.2, 0.25) is 0 Å². The number of ether oxygens (including phenoxy) is 1. The van der Waals surface area contributed by atoms with Gasteiger partial charge in [0.2, 0.25) is 0 Å². The van der Waals surface area contributed by atoms with Crippen molar-refractivity contribution in [1.29, 1.82) is 0 Å². The van der Waals surface area contributed by atoms with Crippen LogP contribution in [0.3, 0.4) is 0 Å². The number of nitrogens with one attached hydrogen (secondary N) is 1. The van der Waals surface area contributed by atoms with Crippen LogP contribution in [-0.4, -0.2) is 16.2 Å². The van der Waals surface area contributed by atoms with Crippen molar-refractivity contribution in [3.63, 3.8) is 0 Å². The molecule has 1 N–H and O–H groups in total. The van der Waals surface area contributed by atoms with Gasteiger partial charge in [-0.05, 0) is 45.4 Å². The molecule has 0 radical (unpaired) electrons. The van der Waals surface area contributed by atoms with E-state index >= 15 is 0 Å². The second-order valence-electron chi connectivity index (χ2n) is 4.66. The SMILES string of the molecule is Cc1cc(COC(=O)Nc2c(C)noc2C)cc(C)n1. The number of rotatable bonds is 3. The Morgan fingerprint density at radius 2 is 1.90 bits per heavy atom. The van der Waals surface area contributed by atoms with Crippen LogP contribution in [0.4, 0.5) is 10.5 Å². The fourth-order valence-corrected chi connectivity index (χ4v) is 1.95. The molecule has 0 bridgehead atoms. The third kappa shape index (κ3) is 3.34. The average Bonchev–Trinajstić information content (AvgIpc) is 2.67. The van der Waals surface area contributed by atoms with E-state index in [0.29, 0.717) is 17.1 Å². The van der Waals surface area contributed by atoms with E-state index in [-0.39, 0.29) is 6.61 Å². The molecule has 6 heteroatoms. The quantitative estimate of drug-likeness (QED) is 0.931. The third-order valence-corrected chi connectivity index (χ3v) is 2.77. The van der Waals surface area contributed by atoms with E-state index in [0.717, 1.165) is 17.0 Å². The van der Waals surface area contributed by atoms with Gasteiger partial charge in [0.05, 0.1) is 0 Å². The van der Waals surface area contributed by atoms with Crippen molar-refractivity contribution in [1.82, 2.24) is 10.1 Å². The number of aryl methyl sites for hydroxylation is 4. The van der Waals surface area contributed by atoms with Crippen LogP contribution in [0.1, 0.15) is 28.4 Å². The fourth-order valence-electron chi connectivity index (χ4n) is 1.95. The van der Waals surface area contributed by atoms with Crippen LogP contribution in [0.15, 0.2) is 16.7 Å². The van der Waals surface area contributed by atoms with Crippen LogP contribution in [0.25, 0.3) is 0 Å². The smallest absolute Gasteiger partial charge is 0.412 e. The van der Waals surface area contributed by atoms with E-state index in [1.807, 2.05) is 26.0 Å². The Bertz CT molecular complexity index is 595. The van der Waals surface area contributed by atoms with Crippen LogP contribution in [0.5, 0.6) is 0 Å². The summed E-state index contributed by atoms with van der Waals surface area (Å²) in [5.74, 6) is 0.551. The molecular weight excluding hydrogens is 258 g/mol. The zero-order valence-corrected chi connectivity index (χ0v) is 12.0. The molecule has 2 rings (SSSR count). The summed E-state index contributed by atoms with van der Waals surface area (Å²) in [7, 11) is 0. The van der Waals surface area contributed by atoms with Crippen LogP contribution in [0, 0.1) is 27.7 Å². The molecule has 0 saturated heterocycles. The highest BCUT2D eigenvalue weighted by atomic mass is 16.5. The second-order valence-corrected chi connectivity index (χ2v) is 4.66. The van der Waals surface area contributed by atoms with Gasteiger partial charge in [-0.15, -0.1) is 0 Å². The Kier molecular flexibility index (Phi) is 4.02. The van der Waals surface area contributed by atoms with E-state index < -0.39 is 6.09 Å². The number of aromatic nitrogens is 2. The standard InChI is InChI=1S/C14H17N3O3/c1-8-5-12(6-9(2)15-8)7-19-14(18)16-13-10(3)17-20-11(13)4/h5-6H,7H2,1-4H3,(H,16,18). The predicted octanol–water partition coefficient (Wildman–Crippen LogP) is 3.05. The summed E-state index contributed by atoms with van der Waals surface area (Å²) >= 11 is 0. The van der Waals surface area contributed by atoms with Gasteiger partial charge in [0.1, 0.15) is 18.0 Å². The highest BCUT2D eigenvalue weighted by Crippen LogP contribution is 2.18. The summed E-state index contributed by atoms with van der Waals surface area (Å²) in [6.07, 6.45) is -0.536. The molecule has 0 fully saturated rings. The maximum absolute atomic E-state index is 11.7. The van der Waals surface area contributed by atoms with E-state index in [9.17, 15) is 4.79 Å². The zero-order valence-electron chi connectivity index (χ0n) is 12.0. The van der Waals surface area contributed by atoms with Crippen LogP contribution in [-0.2, 0) is 11.3 Å². The molecule has 1 amide bonds. The normalized spacial score (nSPS) is 10.4. The minimum absolute atomic E-state index is 0.194. The van der Waals surface area contributed by atoms with Crippen molar-refractivity contribution in [3.05, 3.63) is 40.5 Å². The number of hydrogen-bond donors (Lipinski definition) is 1. The molecule has 106 valence electrons. The first-order valence-corrected chi connectivity index (χ1v) is 6.26. The Morgan fingerprint density at radius 1 is 1.25 bits per heavy atom. The highest BCUT2D eigenvalue weighted by Gasteiger charge is 2.13. The summed E-state index contributed by atoms with van der Waals surface area (Å²) in [6, 6.07) is 3.77. The summed E-state index contributed by atoms with van der Waals surface area (Å²) < 4.78 is 10.1. The molecule has 0 unspecified atom stereocenters. The number of pyridine rings is 1. The zero-order chi connectivity index (χ0) is 14.7. The molecule has 0 saturated carbocycles. The number of amides is 1. The Labute approximate surface area is 117 Å². The summed E-state index contributed by atoms with van der Waals surface area (Å²) in [6.45, 7) is 7.48. The number of nitrogens with zero attached hydrogens (tertiary/aromatic N) is 2. The second kappa shape index (κ2) is 5.73. The maximum Gasteiger partial charge on any atom is 0.412 e. The van der Waals surface area contributed by atoms with Crippen molar-refractivity contribution >= 4 is 11.8 Å². The van der Waals surface area contributed by atoms with E-state index in [4.69, 9.17) is 9.26 Å². The lowest BCUT2D eigenvalue weighted by atomic mass is 10.2. The molecule has 0 aliphatic heterocycles. The molecule has 0 aliphatic rings. The summed E-state index contributed by atoms with van der Waals surface area (Å²) in [5, 5.41) is 6.38. The van der Waals surface area contributed by atoms with Gasteiger partial charge in [0, 0.05) is 11.4 Å². The largest absolute Gasteiger partial charge is 0.444 e. The average molecular weight is 275 g/mol. The Morgan fingerprint density at radius 3 is 2.45 bits per heavy atom. The summed E-state index contributed by atoms with van der Waals surface area (Å²) in [4.78, 5) is 16.0. The first-order valence-electron chi connectivity index (χ1n) is 6.26. The predicted molar refractivity (Wildman–Crippen MR) is 73.5 cm³/mol. The number of carbonyl (C=O) groups is 1. The first kappa shape index (κ1) is 14.0. The lowest BCUT2D eigenvalue weighted by molar-refractivity contribution is 0.155. The third-order valence-electron chi connectivity index (χ3n) is 2.77. The fraction of sp³-hybridized carbons (Fsp3) is 0.357. The van der Waals surface area contributed by atoms with Crippen LogP contribution >= 0.6 is 0 Å². The minimum Gasteiger partial charge on any atom is -0.444 e. The van der Waals surface area contributed by atoms with E-state index in [1.54, 1.807) is 13.8 Å². The Hall–Kier alpha value is -2.37. The molecule has 20 heavy (non-hydrogen) atoms. The summed E-state index contributed by atoms with van der Waals surface area (Å²) in [5.41, 5.74) is 3.88. The van der Waals surface area contributed by atoms with E-state index in [2.05, 4.69) is 15.5 Å². The number of anilines is 1. The van der Waals surface area contributed by atoms with Gasteiger partial charge in [-0.25, -0.2) is 4.79 Å². The monoisotopic (exact) mass is 275 g/mol. The van der Waals surface area contributed by atoms with Gasteiger partial charge >= 0.3 is 6.09 Å². The van der Waals surface area contributed by atoms with Gasteiger partial charge in [-0.1, -0.05) is 5.16 Å². The molecule has 6 nitrogen and oxygen atoms in total. The van der Waals surface area contributed by atoms with Gasteiger partial charge in [-0.3, -0.25) is 10.3 Å². The molecule has 0 spiro atoms. The topological polar surface area (TPSA) is 77.2 Å². The molecule has 2 aromatic rings. The molecule has 2 aromatic heterocycles. The van der Waals surface area contributed by atoms with Gasteiger partial charge in [-0.2, -0.15) is 0 Å². The van der Waals surface area contributed by atoms with Gasteiger partial charge in [0.25, 0.3) is 0 Å². The minimum atomic E-state index is -0.536. The maximum atomic E-state index is 11.7. The van der Waals surface area contributed by atoms with E-state index in [1.165, 1.54) is 0 Å². The number of hydrogen-bond acceptors (Lipinski definition) is 5. The lowest BCUT2D eigenvalue weighted by Crippen LogP contribution is -2.14. The number of carbonyl (C=O) groups excluding carboxylic acids is 1. The first-order chi connectivity index (χ1) is 9.45. The molecule has 2 heterocycles. The molecule has 0 aliphatic carbocycles. The van der Waals surface area contributed by atoms with Gasteiger partial charge < -0.3 is 9.26 Å². The Balaban J connectivity index is 1.95. The van der Waals surface area contributed by atoms with Crippen molar-refractivity contribution in [2.24, 2.45) is 0 Å². The highest BCUT2D eigenvalue weighted by molar-refractivity contribution is 5.85. The van der Waals surface area contributed by atoms with Crippen molar-refractivity contribution in [3.8, 4) is 0 Å². The molecular formula is C14H17N3O3.